The van der Waals surface area contributed by atoms with Crippen LogP contribution in [0.4, 0.5) is 42.0 Å². The molecule has 0 bridgehead atoms. The number of alkyl halides is 3. The van der Waals surface area contributed by atoms with E-state index >= 15 is 0 Å². The van der Waals surface area contributed by atoms with Crippen LogP contribution in [0.1, 0.15) is 5.56 Å². The van der Waals surface area contributed by atoms with Crippen molar-refractivity contribution in [1.29, 1.82) is 0 Å². The number of nitrogens with zero attached hydrogens (tertiary/aromatic N) is 2. The monoisotopic (exact) mass is 478 g/mol. The van der Waals surface area contributed by atoms with E-state index in [1.54, 1.807) is 36.6 Å². The second kappa shape index (κ2) is 8.47. The number of nitrogens with one attached hydrogen (secondary N) is 4. The highest BCUT2D eigenvalue weighted by atomic mass is 35.5. The Morgan fingerprint density at radius 1 is 1.12 bits per heavy atom. The van der Waals surface area contributed by atoms with Crippen molar-refractivity contribution < 1.29 is 22.4 Å². The van der Waals surface area contributed by atoms with E-state index < -0.39 is 17.8 Å². The van der Waals surface area contributed by atoms with Crippen LogP contribution in [0, 0.1) is 6.92 Å². The van der Waals surface area contributed by atoms with Crippen LogP contribution in [-0.4, -0.2) is 27.0 Å². The van der Waals surface area contributed by atoms with Gasteiger partial charge in [-0.05, 0) is 43.3 Å². The molecule has 0 radical (unpaired) electrons. The number of anilines is 5. The van der Waals surface area contributed by atoms with Crippen LogP contribution in [-0.2, 0) is 4.79 Å². The Morgan fingerprint density at radius 2 is 1.85 bits per heavy atom. The molecule has 0 spiro atoms. The van der Waals surface area contributed by atoms with Gasteiger partial charge in [-0.2, -0.15) is 18.2 Å². The Labute approximate surface area is 188 Å². The Balaban J connectivity index is 1.52. The summed E-state index contributed by atoms with van der Waals surface area (Å²) in [6.45, 7) is 1.79. The first-order valence-corrected chi connectivity index (χ1v) is 9.64. The summed E-state index contributed by atoms with van der Waals surface area (Å²) in [4.78, 5) is 33.5. The van der Waals surface area contributed by atoms with E-state index in [9.17, 15) is 22.8 Å². The first-order valence-electron chi connectivity index (χ1n) is 9.27. The lowest BCUT2D eigenvalue weighted by molar-refractivity contribution is -0.167. The zero-order valence-corrected chi connectivity index (χ0v) is 17.4. The molecule has 2 aromatic carbocycles. The van der Waals surface area contributed by atoms with Crippen LogP contribution in [0.2, 0.25) is 5.02 Å². The second-order valence-corrected chi connectivity index (χ2v) is 7.25. The van der Waals surface area contributed by atoms with Gasteiger partial charge >= 0.3 is 17.8 Å². The lowest BCUT2D eigenvalue weighted by atomic mass is 10.2. The maximum atomic E-state index is 12.4. The minimum absolute atomic E-state index is 0.106. The van der Waals surface area contributed by atoms with Crippen molar-refractivity contribution in [3.05, 3.63) is 63.7 Å². The molecular formula is C20H14ClF3N6O3. The predicted molar refractivity (Wildman–Crippen MR) is 116 cm³/mol. The third kappa shape index (κ3) is 5.06. The summed E-state index contributed by atoms with van der Waals surface area (Å²) in [5.41, 5.74) is 2.49. The van der Waals surface area contributed by atoms with Gasteiger partial charge in [0.1, 0.15) is 5.82 Å². The van der Waals surface area contributed by atoms with Crippen molar-refractivity contribution in [3.8, 4) is 0 Å². The third-order valence-electron chi connectivity index (χ3n) is 4.38. The molecule has 170 valence electrons. The molecule has 9 nitrogen and oxygen atoms in total. The molecule has 2 heterocycles. The standard InChI is InChI=1S/C20H14ClF3N6O3/c1-9-8-25-18(27-10-2-4-13(12(21)6-10)28-17(31)20(22,23)24)30-16(9)26-11-3-5-15-14(7-11)29-19(32)33-15/h2-8H,1H3,(H,28,31)(H,29,32)(H2,25,26,27,30). The lowest BCUT2D eigenvalue weighted by Crippen LogP contribution is -2.30. The van der Waals surface area contributed by atoms with Crippen LogP contribution in [0.5, 0.6) is 0 Å². The molecule has 0 saturated carbocycles. The van der Waals surface area contributed by atoms with Crippen molar-refractivity contribution in [1.82, 2.24) is 15.0 Å². The average molecular weight is 479 g/mol. The van der Waals surface area contributed by atoms with E-state index in [0.29, 0.717) is 28.3 Å². The van der Waals surface area contributed by atoms with Crippen LogP contribution in [0.25, 0.3) is 11.1 Å². The molecule has 0 atom stereocenters. The summed E-state index contributed by atoms with van der Waals surface area (Å²) in [6.07, 6.45) is -3.47. The van der Waals surface area contributed by atoms with Crippen LogP contribution in [0.15, 0.2) is 51.8 Å². The zero-order chi connectivity index (χ0) is 23.8. The normalized spacial score (nSPS) is 11.4. The molecule has 4 N–H and O–H groups in total. The van der Waals surface area contributed by atoms with Gasteiger partial charge in [0.15, 0.2) is 5.58 Å². The Hall–Kier alpha value is -4.06. The highest BCUT2D eigenvalue weighted by Gasteiger charge is 2.38. The van der Waals surface area contributed by atoms with Gasteiger partial charge in [-0.3, -0.25) is 9.78 Å². The van der Waals surface area contributed by atoms with Crippen LogP contribution < -0.4 is 21.7 Å². The Bertz CT molecular complexity index is 1420. The predicted octanol–water partition coefficient (Wildman–Crippen LogP) is 4.86. The summed E-state index contributed by atoms with van der Waals surface area (Å²) in [6, 6.07) is 8.99. The number of aromatic amines is 1. The minimum Gasteiger partial charge on any atom is -0.408 e. The number of oxazole rings is 1. The van der Waals surface area contributed by atoms with Crippen molar-refractivity contribution in [2.75, 3.05) is 16.0 Å². The molecule has 4 aromatic rings. The minimum atomic E-state index is -5.03. The van der Waals surface area contributed by atoms with Gasteiger partial charge in [0, 0.05) is 23.1 Å². The molecule has 33 heavy (non-hydrogen) atoms. The van der Waals surface area contributed by atoms with Gasteiger partial charge in [-0.1, -0.05) is 11.6 Å². The van der Waals surface area contributed by atoms with Gasteiger partial charge < -0.3 is 20.4 Å². The molecule has 0 aliphatic rings. The van der Waals surface area contributed by atoms with E-state index in [1.165, 1.54) is 18.2 Å². The fourth-order valence-corrected chi connectivity index (χ4v) is 3.04. The number of benzene rings is 2. The number of aryl methyl sites for hydroxylation is 1. The topological polar surface area (TPSA) is 125 Å². The molecule has 0 saturated heterocycles. The largest absolute Gasteiger partial charge is 0.471 e. The first-order chi connectivity index (χ1) is 15.6. The van der Waals surface area contributed by atoms with Crippen molar-refractivity contribution in [2.24, 2.45) is 0 Å². The highest BCUT2D eigenvalue weighted by Crippen LogP contribution is 2.29. The number of rotatable bonds is 5. The number of carbonyl (C=O) groups excluding carboxylic acids is 1. The second-order valence-electron chi connectivity index (χ2n) is 6.85. The lowest BCUT2D eigenvalue weighted by Gasteiger charge is -2.13. The average Bonchev–Trinajstić information content (AvgIpc) is 3.11. The van der Waals surface area contributed by atoms with Crippen LogP contribution in [0.3, 0.4) is 0 Å². The number of halogens is 4. The smallest absolute Gasteiger partial charge is 0.408 e. The molecule has 13 heteroatoms. The molecule has 0 fully saturated rings. The fraction of sp³-hybridized carbons (Fsp3) is 0.100. The van der Waals surface area contributed by atoms with E-state index in [2.05, 4.69) is 25.6 Å². The van der Waals surface area contributed by atoms with E-state index in [0.717, 1.165) is 5.56 Å². The van der Waals surface area contributed by atoms with Gasteiger partial charge in [0.2, 0.25) is 5.95 Å². The highest BCUT2D eigenvalue weighted by molar-refractivity contribution is 6.34. The Morgan fingerprint density at radius 3 is 2.58 bits per heavy atom. The number of fused-ring (bicyclic) bond motifs is 1. The number of hydrogen-bond donors (Lipinski definition) is 4. The molecular weight excluding hydrogens is 465 g/mol. The van der Waals surface area contributed by atoms with Gasteiger partial charge in [0.05, 0.1) is 16.2 Å². The molecule has 0 aliphatic heterocycles. The van der Waals surface area contributed by atoms with E-state index in [1.807, 2.05) is 0 Å². The number of carbonyl (C=O) groups is 1. The van der Waals surface area contributed by atoms with Gasteiger partial charge in [0.25, 0.3) is 0 Å². The van der Waals surface area contributed by atoms with Gasteiger partial charge in [-0.25, -0.2) is 9.78 Å². The summed E-state index contributed by atoms with van der Waals surface area (Å²) in [5.74, 6) is -2.03. The van der Waals surface area contributed by atoms with E-state index in [4.69, 9.17) is 16.0 Å². The number of amides is 1. The summed E-state index contributed by atoms with van der Waals surface area (Å²) < 4.78 is 42.3. The summed E-state index contributed by atoms with van der Waals surface area (Å²) >= 11 is 5.99. The van der Waals surface area contributed by atoms with Gasteiger partial charge in [-0.15, -0.1) is 0 Å². The first kappa shape index (κ1) is 22.1. The molecule has 0 aliphatic carbocycles. The fourth-order valence-electron chi connectivity index (χ4n) is 2.81. The summed E-state index contributed by atoms with van der Waals surface area (Å²) in [5, 5.41) is 7.62. The van der Waals surface area contributed by atoms with Crippen molar-refractivity contribution >= 4 is 57.4 Å². The SMILES string of the molecule is Cc1cnc(Nc2ccc(NC(=O)C(F)(F)F)c(Cl)c2)nc1Nc1ccc2oc(=O)[nH]c2c1. The molecule has 4 rings (SSSR count). The molecule has 2 aromatic heterocycles. The number of H-pyrrole nitrogens is 1. The quantitative estimate of drug-likeness (QED) is 0.323. The van der Waals surface area contributed by atoms with Crippen molar-refractivity contribution in [2.45, 2.75) is 13.1 Å². The maximum absolute atomic E-state index is 12.4. The maximum Gasteiger partial charge on any atom is 0.471 e. The van der Waals surface area contributed by atoms with Crippen LogP contribution >= 0.6 is 11.6 Å². The third-order valence-corrected chi connectivity index (χ3v) is 4.70. The molecule has 0 unspecified atom stereocenters. The zero-order valence-electron chi connectivity index (χ0n) is 16.7. The number of hydrogen-bond acceptors (Lipinski definition) is 7. The van der Waals surface area contributed by atoms with E-state index in [-0.39, 0.29) is 16.7 Å². The van der Waals surface area contributed by atoms with Crippen molar-refractivity contribution in [3.63, 3.8) is 0 Å². The number of aromatic nitrogens is 3. The summed E-state index contributed by atoms with van der Waals surface area (Å²) in [7, 11) is 0. The Kier molecular flexibility index (Phi) is 5.68. The molecule has 1 amide bonds.